The third kappa shape index (κ3) is 4.93. The number of carbonyl (C=O) groups excluding carboxylic acids is 2. The lowest BCUT2D eigenvalue weighted by Crippen LogP contribution is -2.05. The van der Waals surface area contributed by atoms with Crippen molar-refractivity contribution in [1.82, 2.24) is 9.38 Å². The Morgan fingerprint density at radius 1 is 0.818 bits per heavy atom. The van der Waals surface area contributed by atoms with Gasteiger partial charge in [0.25, 0.3) is 0 Å². The zero-order valence-electron chi connectivity index (χ0n) is 18.3. The summed E-state index contributed by atoms with van der Waals surface area (Å²) in [7, 11) is -3.69. The number of benzene rings is 2. The minimum Gasteiger partial charge on any atom is -0.306 e. The number of sulfone groups is 1. The Labute approximate surface area is 192 Å². The summed E-state index contributed by atoms with van der Waals surface area (Å²) in [6.07, 6.45) is 7.25. The lowest BCUT2D eigenvalue weighted by atomic mass is 10.0. The number of pyridine rings is 1. The number of imidazole rings is 1. The topological polar surface area (TPSA) is 85.6 Å². The Balaban J connectivity index is 1.42. The zero-order chi connectivity index (χ0) is 23.4. The number of rotatable bonds is 9. The van der Waals surface area contributed by atoms with Crippen LogP contribution in [0.25, 0.3) is 5.65 Å². The van der Waals surface area contributed by atoms with Gasteiger partial charge >= 0.3 is 0 Å². The summed E-state index contributed by atoms with van der Waals surface area (Å²) in [5.41, 5.74) is 2.79. The molecular formula is C26H24N2O4S. The summed E-state index contributed by atoms with van der Waals surface area (Å²) in [5.74, 6) is 0.0188. The number of ketones is 2. The molecule has 0 atom stereocenters. The molecule has 2 heterocycles. The fourth-order valence-electron chi connectivity index (χ4n) is 3.65. The van der Waals surface area contributed by atoms with Crippen molar-refractivity contribution in [1.29, 1.82) is 0 Å². The Bertz CT molecular complexity index is 1400. The number of hydrogen-bond donors (Lipinski definition) is 0. The van der Waals surface area contributed by atoms with Crippen molar-refractivity contribution < 1.29 is 18.0 Å². The van der Waals surface area contributed by atoms with Crippen molar-refractivity contribution >= 4 is 27.1 Å². The van der Waals surface area contributed by atoms with Crippen LogP contribution < -0.4 is 0 Å². The maximum atomic E-state index is 12.9. The quantitative estimate of drug-likeness (QED) is 0.329. The van der Waals surface area contributed by atoms with Crippen LogP contribution in [0.4, 0.5) is 0 Å². The van der Waals surface area contributed by atoms with Crippen molar-refractivity contribution in [3.05, 3.63) is 95.9 Å². The highest BCUT2D eigenvalue weighted by Crippen LogP contribution is 2.22. The van der Waals surface area contributed by atoms with E-state index in [-0.39, 0.29) is 21.4 Å². The molecule has 4 aromatic rings. The van der Waals surface area contributed by atoms with Crippen LogP contribution in [-0.2, 0) is 16.3 Å². The van der Waals surface area contributed by atoms with Gasteiger partial charge in [-0.15, -0.1) is 0 Å². The number of nitrogens with zero attached hydrogens (tertiary/aromatic N) is 2. The highest BCUT2D eigenvalue weighted by Gasteiger charge is 2.18. The van der Waals surface area contributed by atoms with E-state index in [1.54, 1.807) is 71.5 Å². The zero-order valence-corrected chi connectivity index (χ0v) is 19.1. The van der Waals surface area contributed by atoms with E-state index in [4.69, 9.17) is 0 Å². The molecule has 0 spiro atoms. The van der Waals surface area contributed by atoms with Gasteiger partial charge in [-0.3, -0.25) is 9.59 Å². The summed E-state index contributed by atoms with van der Waals surface area (Å²) < 4.78 is 27.7. The highest BCUT2D eigenvalue weighted by atomic mass is 32.2. The number of carbonyl (C=O) groups is 2. The standard InChI is InChI=1S/C26H24N2O4S/c1-2-3-24(29)20-7-12-23(13-8-20)33(31,32)22-10-4-19(5-11-22)6-14-25(30)21-9-15-26-27-16-17-28(26)18-21/h4-5,7-13,15-18H,2-3,6,14H2,1H3. The third-order valence-electron chi connectivity index (χ3n) is 5.55. The van der Waals surface area contributed by atoms with Gasteiger partial charge in [-0.1, -0.05) is 31.2 Å². The normalized spacial score (nSPS) is 11.5. The van der Waals surface area contributed by atoms with Crippen LogP contribution in [0.1, 0.15) is 52.5 Å². The summed E-state index contributed by atoms with van der Waals surface area (Å²) in [5, 5.41) is 0. The first-order valence-electron chi connectivity index (χ1n) is 10.8. The fraction of sp³-hybridized carbons (Fsp3) is 0.192. The summed E-state index contributed by atoms with van der Waals surface area (Å²) in [4.78, 5) is 29.0. The second-order valence-corrected chi connectivity index (χ2v) is 9.83. The molecule has 4 rings (SSSR count). The lowest BCUT2D eigenvalue weighted by molar-refractivity contribution is 0.0974. The number of Topliss-reactive ketones (excluding diaryl/α,β-unsaturated/α-hetero) is 2. The van der Waals surface area contributed by atoms with Gasteiger partial charge in [-0.2, -0.15) is 0 Å². The minimum atomic E-state index is -3.69. The van der Waals surface area contributed by atoms with Gasteiger partial charge in [-0.25, -0.2) is 13.4 Å². The van der Waals surface area contributed by atoms with E-state index in [9.17, 15) is 18.0 Å². The van der Waals surface area contributed by atoms with Gasteiger partial charge in [0.1, 0.15) is 5.65 Å². The molecule has 0 bridgehead atoms. The molecule has 0 aliphatic carbocycles. The van der Waals surface area contributed by atoms with Gasteiger partial charge in [-0.05, 0) is 54.8 Å². The first kappa shape index (κ1) is 22.6. The summed E-state index contributed by atoms with van der Waals surface area (Å²) >= 11 is 0. The Morgan fingerprint density at radius 2 is 1.42 bits per heavy atom. The predicted molar refractivity (Wildman–Crippen MR) is 125 cm³/mol. The first-order chi connectivity index (χ1) is 15.9. The summed E-state index contributed by atoms with van der Waals surface area (Å²) in [6, 6.07) is 16.2. The molecule has 0 aliphatic heterocycles. The molecule has 0 unspecified atom stereocenters. The average molecular weight is 461 g/mol. The Kier molecular flexibility index (Phi) is 6.51. The van der Waals surface area contributed by atoms with Crippen molar-refractivity contribution in [2.24, 2.45) is 0 Å². The number of aryl methyl sites for hydroxylation is 1. The average Bonchev–Trinajstić information content (AvgIpc) is 3.31. The molecule has 0 amide bonds. The highest BCUT2D eigenvalue weighted by molar-refractivity contribution is 7.91. The van der Waals surface area contributed by atoms with E-state index in [1.807, 2.05) is 6.92 Å². The molecule has 0 saturated heterocycles. The summed E-state index contributed by atoms with van der Waals surface area (Å²) in [6.45, 7) is 1.93. The minimum absolute atomic E-state index is 0.00490. The van der Waals surface area contributed by atoms with Crippen molar-refractivity contribution in [3.63, 3.8) is 0 Å². The van der Waals surface area contributed by atoms with Gasteiger partial charge < -0.3 is 4.40 Å². The largest absolute Gasteiger partial charge is 0.306 e. The molecule has 0 fully saturated rings. The molecule has 0 radical (unpaired) electrons. The molecule has 2 aromatic carbocycles. The first-order valence-corrected chi connectivity index (χ1v) is 12.3. The number of aromatic nitrogens is 2. The van der Waals surface area contributed by atoms with E-state index < -0.39 is 9.84 Å². The van der Waals surface area contributed by atoms with E-state index >= 15 is 0 Å². The molecule has 33 heavy (non-hydrogen) atoms. The molecule has 0 aliphatic rings. The molecule has 6 nitrogen and oxygen atoms in total. The Hall–Kier alpha value is -3.58. The maximum Gasteiger partial charge on any atom is 0.206 e. The van der Waals surface area contributed by atoms with E-state index in [1.165, 1.54) is 12.1 Å². The van der Waals surface area contributed by atoms with Crippen LogP contribution in [0.2, 0.25) is 0 Å². The van der Waals surface area contributed by atoms with E-state index in [0.717, 1.165) is 17.6 Å². The third-order valence-corrected chi connectivity index (χ3v) is 7.33. The SMILES string of the molecule is CCCC(=O)c1ccc(S(=O)(=O)c2ccc(CCC(=O)c3ccc4nccn4c3)cc2)cc1. The molecule has 168 valence electrons. The van der Waals surface area contributed by atoms with Crippen LogP contribution >= 0.6 is 0 Å². The predicted octanol–water partition coefficient (Wildman–Crippen LogP) is 4.97. The molecule has 0 N–H and O–H groups in total. The molecule has 7 heteroatoms. The lowest BCUT2D eigenvalue weighted by Gasteiger charge is -2.08. The van der Waals surface area contributed by atoms with Crippen LogP contribution in [-0.4, -0.2) is 29.4 Å². The van der Waals surface area contributed by atoms with E-state index in [2.05, 4.69) is 4.98 Å². The Morgan fingerprint density at radius 3 is 2.09 bits per heavy atom. The van der Waals surface area contributed by atoms with E-state index in [0.29, 0.717) is 30.4 Å². The second-order valence-electron chi connectivity index (χ2n) is 7.88. The van der Waals surface area contributed by atoms with Gasteiger partial charge in [0.05, 0.1) is 9.79 Å². The fourth-order valence-corrected chi connectivity index (χ4v) is 4.91. The van der Waals surface area contributed by atoms with Crippen LogP contribution in [0, 0.1) is 0 Å². The molecule has 0 saturated carbocycles. The maximum absolute atomic E-state index is 12.9. The number of fused-ring (bicyclic) bond motifs is 1. The van der Waals surface area contributed by atoms with Crippen molar-refractivity contribution in [2.45, 2.75) is 42.4 Å². The van der Waals surface area contributed by atoms with Gasteiger partial charge in [0.15, 0.2) is 11.6 Å². The van der Waals surface area contributed by atoms with Crippen molar-refractivity contribution in [3.8, 4) is 0 Å². The number of hydrogen-bond acceptors (Lipinski definition) is 5. The van der Waals surface area contributed by atoms with Gasteiger partial charge in [0.2, 0.25) is 9.84 Å². The molecular weight excluding hydrogens is 436 g/mol. The van der Waals surface area contributed by atoms with Crippen molar-refractivity contribution in [2.75, 3.05) is 0 Å². The van der Waals surface area contributed by atoms with Crippen LogP contribution in [0.3, 0.4) is 0 Å². The van der Waals surface area contributed by atoms with Crippen LogP contribution in [0.5, 0.6) is 0 Å². The second kappa shape index (κ2) is 9.50. The molecule has 2 aromatic heterocycles. The monoisotopic (exact) mass is 460 g/mol. The smallest absolute Gasteiger partial charge is 0.206 e. The van der Waals surface area contributed by atoms with Crippen LogP contribution in [0.15, 0.2) is 89.0 Å². The van der Waals surface area contributed by atoms with Gasteiger partial charge in [0, 0.05) is 42.6 Å².